The lowest BCUT2D eigenvalue weighted by Crippen LogP contribution is -2.48. The molecule has 0 unspecified atom stereocenters. The number of benzene rings is 2. The van der Waals surface area contributed by atoms with Crippen molar-refractivity contribution in [3.05, 3.63) is 77.1 Å². The van der Waals surface area contributed by atoms with Crippen molar-refractivity contribution in [1.82, 2.24) is 19.2 Å². The van der Waals surface area contributed by atoms with Crippen LogP contribution in [0.1, 0.15) is 11.1 Å². The van der Waals surface area contributed by atoms with E-state index in [-0.39, 0.29) is 4.90 Å². The van der Waals surface area contributed by atoms with Crippen LogP contribution in [0.25, 0.3) is 21.8 Å². The fraction of sp³-hybridized carbons (Fsp3) is 0.250. The molecule has 32 heavy (non-hydrogen) atoms. The number of fused-ring (bicyclic) bond motifs is 2. The smallest absolute Gasteiger partial charge is 0.245 e. The number of halogens is 1. The second-order valence-electron chi connectivity index (χ2n) is 8.13. The molecule has 0 saturated carbocycles. The van der Waals surface area contributed by atoms with Crippen LogP contribution < -0.4 is 0 Å². The molecule has 1 aliphatic rings. The molecule has 0 bridgehead atoms. The summed E-state index contributed by atoms with van der Waals surface area (Å²) < 4.78 is 28.4. The van der Waals surface area contributed by atoms with Gasteiger partial charge in [-0.3, -0.25) is 14.9 Å². The van der Waals surface area contributed by atoms with E-state index in [4.69, 9.17) is 11.6 Å². The topological polar surface area (TPSA) is 66.4 Å². The monoisotopic (exact) mass is 466 g/mol. The molecule has 6 nitrogen and oxygen atoms in total. The first-order chi connectivity index (χ1) is 15.4. The molecule has 2 aromatic carbocycles. The second-order valence-corrected chi connectivity index (χ2v) is 10.4. The Hall–Kier alpha value is -2.58. The van der Waals surface area contributed by atoms with Gasteiger partial charge in [0, 0.05) is 60.9 Å². The van der Waals surface area contributed by atoms with Gasteiger partial charge in [0.1, 0.15) is 4.90 Å². The van der Waals surface area contributed by atoms with Crippen molar-refractivity contribution < 1.29 is 8.42 Å². The van der Waals surface area contributed by atoms with E-state index in [1.165, 1.54) is 0 Å². The molecule has 164 valence electrons. The van der Waals surface area contributed by atoms with E-state index in [2.05, 4.69) is 14.9 Å². The number of hydrogen-bond donors (Lipinski definition) is 0. The van der Waals surface area contributed by atoms with Gasteiger partial charge in [0.2, 0.25) is 10.0 Å². The van der Waals surface area contributed by atoms with Crippen LogP contribution in [-0.4, -0.2) is 53.8 Å². The molecule has 2 aromatic heterocycles. The molecule has 0 amide bonds. The van der Waals surface area contributed by atoms with Crippen molar-refractivity contribution in [3.8, 4) is 0 Å². The average Bonchev–Trinajstić information content (AvgIpc) is 2.81. The van der Waals surface area contributed by atoms with Gasteiger partial charge in [-0.15, -0.1) is 0 Å². The Labute approximate surface area is 192 Å². The Morgan fingerprint density at radius 3 is 2.59 bits per heavy atom. The fourth-order valence-electron chi connectivity index (χ4n) is 4.28. The predicted molar refractivity (Wildman–Crippen MR) is 127 cm³/mol. The fourth-order valence-corrected chi connectivity index (χ4v) is 6.09. The quantitative estimate of drug-likeness (QED) is 0.449. The molecule has 3 heterocycles. The highest BCUT2D eigenvalue weighted by Crippen LogP contribution is 2.28. The number of hydrogen-bond acceptors (Lipinski definition) is 5. The minimum absolute atomic E-state index is 0.274. The second kappa shape index (κ2) is 8.41. The summed E-state index contributed by atoms with van der Waals surface area (Å²) in [4.78, 5) is 11.5. The summed E-state index contributed by atoms with van der Waals surface area (Å²) in [6.07, 6.45) is 3.48. The van der Waals surface area contributed by atoms with Crippen molar-refractivity contribution in [3.63, 3.8) is 0 Å². The standard InChI is InChI=1S/C24H23ClN4O2S/c1-17-14-18-4-2-6-22(24(18)27-15-17)32(30,31)29-12-10-28(11-13-29)16-19-7-8-21(25)20-5-3-9-26-23(19)20/h2-9,14-15H,10-13,16H2,1H3. The molecular formula is C24H23ClN4O2S. The third kappa shape index (κ3) is 3.86. The maximum atomic E-state index is 13.4. The SMILES string of the molecule is Cc1cnc2c(S(=O)(=O)N3CCN(Cc4ccc(Cl)c5cccnc45)CC3)cccc2c1. The van der Waals surface area contributed by atoms with Gasteiger partial charge in [-0.2, -0.15) is 4.31 Å². The average molecular weight is 467 g/mol. The van der Waals surface area contributed by atoms with Crippen molar-refractivity contribution in [1.29, 1.82) is 0 Å². The van der Waals surface area contributed by atoms with Gasteiger partial charge in [-0.1, -0.05) is 29.8 Å². The Morgan fingerprint density at radius 2 is 1.78 bits per heavy atom. The molecule has 1 fully saturated rings. The van der Waals surface area contributed by atoms with Crippen LogP contribution in [0, 0.1) is 6.92 Å². The van der Waals surface area contributed by atoms with E-state index < -0.39 is 10.0 Å². The normalized spacial score (nSPS) is 16.1. The van der Waals surface area contributed by atoms with Gasteiger partial charge >= 0.3 is 0 Å². The summed E-state index contributed by atoms with van der Waals surface area (Å²) >= 11 is 6.32. The van der Waals surface area contributed by atoms with Crippen LogP contribution >= 0.6 is 11.6 Å². The molecule has 0 spiro atoms. The molecule has 4 aromatic rings. The number of rotatable bonds is 4. The summed E-state index contributed by atoms with van der Waals surface area (Å²) in [5, 5.41) is 2.46. The number of nitrogens with zero attached hydrogens (tertiary/aromatic N) is 4. The summed E-state index contributed by atoms with van der Waals surface area (Å²) in [5.41, 5.74) is 3.52. The highest BCUT2D eigenvalue weighted by Gasteiger charge is 2.30. The summed E-state index contributed by atoms with van der Waals surface area (Å²) in [6.45, 7) is 4.81. The number of para-hydroxylation sites is 1. The Morgan fingerprint density at radius 1 is 0.969 bits per heavy atom. The molecule has 1 aliphatic heterocycles. The van der Waals surface area contributed by atoms with E-state index in [0.717, 1.165) is 27.4 Å². The Bertz CT molecular complexity index is 1420. The lowest BCUT2D eigenvalue weighted by atomic mass is 10.1. The molecule has 0 atom stereocenters. The summed E-state index contributed by atoms with van der Waals surface area (Å²) in [7, 11) is -3.62. The Balaban J connectivity index is 1.35. The molecule has 0 N–H and O–H groups in total. The predicted octanol–water partition coefficient (Wildman–Crippen LogP) is 4.25. The molecular weight excluding hydrogens is 444 g/mol. The zero-order valence-corrected chi connectivity index (χ0v) is 19.3. The number of aryl methyl sites for hydroxylation is 1. The lowest BCUT2D eigenvalue weighted by molar-refractivity contribution is 0.182. The molecule has 8 heteroatoms. The third-order valence-corrected chi connectivity index (χ3v) is 8.21. The van der Waals surface area contributed by atoms with Crippen molar-refractivity contribution >= 4 is 43.4 Å². The van der Waals surface area contributed by atoms with Crippen molar-refractivity contribution in [2.45, 2.75) is 18.4 Å². The van der Waals surface area contributed by atoms with Crippen molar-refractivity contribution in [2.24, 2.45) is 0 Å². The van der Waals surface area contributed by atoms with E-state index in [9.17, 15) is 8.42 Å². The number of sulfonamides is 1. The minimum atomic E-state index is -3.62. The van der Waals surface area contributed by atoms with E-state index in [1.807, 2.05) is 43.3 Å². The first kappa shape index (κ1) is 21.3. The van der Waals surface area contributed by atoms with Gasteiger partial charge in [0.05, 0.1) is 11.0 Å². The first-order valence-corrected chi connectivity index (χ1v) is 12.4. The van der Waals surface area contributed by atoms with Crippen LogP contribution in [0.2, 0.25) is 5.02 Å². The largest absolute Gasteiger partial charge is 0.296 e. The molecule has 0 aliphatic carbocycles. The highest BCUT2D eigenvalue weighted by atomic mass is 35.5. The van der Waals surface area contributed by atoms with Gasteiger partial charge < -0.3 is 0 Å². The van der Waals surface area contributed by atoms with E-state index in [1.54, 1.807) is 28.8 Å². The van der Waals surface area contributed by atoms with Gasteiger partial charge in [0.15, 0.2) is 0 Å². The molecule has 5 rings (SSSR count). The third-order valence-electron chi connectivity index (χ3n) is 5.95. The maximum Gasteiger partial charge on any atom is 0.245 e. The number of aromatic nitrogens is 2. The first-order valence-electron chi connectivity index (χ1n) is 10.5. The van der Waals surface area contributed by atoms with Crippen LogP contribution in [0.4, 0.5) is 0 Å². The van der Waals surface area contributed by atoms with Crippen LogP contribution in [-0.2, 0) is 16.6 Å². The number of pyridine rings is 2. The zero-order valence-electron chi connectivity index (χ0n) is 17.7. The molecule has 0 radical (unpaired) electrons. The van der Waals surface area contributed by atoms with Gasteiger partial charge in [0.25, 0.3) is 0 Å². The van der Waals surface area contributed by atoms with Crippen LogP contribution in [0.3, 0.4) is 0 Å². The summed E-state index contributed by atoms with van der Waals surface area (Å²) in [5.74, 6) is 0. The number of piperazine rings is 1. The zero-order chi connectivity index (χ0) is 22.3. The molecule has 1 saturated heterocycles. The minimum Gasteiger partial charge on any atom is -0.296 e. The van der Waals surface area contributed by atoms with Gasteiger partial charge in [-0.05, 0) is 48.4 Å². The highest BCUT2D eigenvalue weighted by molar-refractivity contribution is 7.89. The summed E-state index contributed by atoms with van der Waals surface area (Å²) in [6, 6.07) is 15.1. The van der Waals surface area contributed by atoms with Crippen LogP contribution in [0.15, 0.2) is 65.8 Å². The van der Waals surface area contributed by atoms with Crippen LogP contribution in [0.5, 0.6) is 0 Å². The van der Waals surface area contributed by atoms with E-state index in [0.29, 0.717) is 43.3 Å². The van der Waals surface area contributed by atoms with Crippen molar-refractivity contribution in [2.75, 3.05) is 26.2 Å². The Kier molecular flexibility index (Phi) is 5.59. The van der Waals surface area contributed by atoms with E-state index >= 15 is 0 Å². The van der Waals surface area contributed by atoms with Gasteiger partial charge in [-0.25, -0.2) is 8.42 Å². The lowest BCUT2D eigenvalue weighted by Gasteiger charge is -2.34. The maximum absolute atomic E-state index is 13.4.